The molecular formula is C8H13BrN2O. The minimum atomic E-state index is 0.601. The van der Waals surface area contributed by atoms with Crippen LogP contribution in [0, 0.1) is 0 Å². The second-order valence-corrected chi connectivity index (χ2v) is 3.41. The zero-order chi connectivity index (χ0) is 9.14. The zero-order valence-electron chi connectivity index (χ0n) is 7.59. The Bertz CT molecular complexity index is 270. The van der Waals surface area contributed by atoms with Gasteiger partial charge in [-0.25, -0.2) is 0 Å². The number of halogens is 1. The van der Waals surface area contributed by atoms with Crippen LogP contribution in [0.5, 0.6) is 0 Å². The van der Waals surface area contributed by atoms with E-state index in [9.17, 15) is 0 Å². The molecule has 0 N–H and O–H groups in total. The fourth-order valence-corrected chi connectivity index (χ4v) is 1.84. The molecular weight excluding hydrogens is 220 g/mol. The number of methoxy groups -OCH3 is 1. The lowest BCUT2D eigenvalue weighted by atomic mass is 10.3. The van der Waals surface area contributed by atoms with Crippen LogP contribution in [0.15, 0.2) is 4.47 Å². The summed E-state index contributed by atoms with van der Waals surface area (Å²) in [5, 5.41) is 4.34. The fourth-order valence-electron chi connectivity index (χ4n) is 1.11. The number of aromatic nitrogens is 2. The summed E-state index contributed by atoms with van der Waals surface area (Å²) in [6.07, 6.45) is 0.943. The SMILES string of the molecule is CCc1nn(C)c(COC)c1Br. The van der Waals surface area contributed by atoms with Gasteiger partial charge in [0.25, 0.3) is 0 Å². The van der Waals surface area contributed by atoms with Crippen molar-refractivity contribution in [3.05, 3.63) is 15.9 Å². The average Bonchev–Trinajstić information content (AvgIpc) is 2.32. The van der Waals surface area contributed by atoms with Gasteiger partial charge in [-0.1, -0.05) is 6.92 Å². The Morgan fingerprint density at radius 3 is 2.67 bits per heavy atom. The molecule has 12 heavy (non-hydrogen) atoms. The van der Waals surface area contributed by atoms with Gasteiger partial charge in [0, 0.05) is 14.2 Å². The maximum atomic E-state index is 5.06. The third kappa shape index (κ3) is 1.69. The van der Waals surface area contributed by atoms with Gasteiger partial charge in [0.2, 0.25) is 0 Å². The van der Waals surface area contributed by atoms with Gasteiger partial charge in [-0.3, -0.25) is 4.68 Å². The highest BCUT2D eigenvalue weighted by Gasteiger charge is 2.11. The van der Waals surface area contributed by atoms with Gasteiger partial charge in [0.15, 0.2) is 0 Å². The number of nitrogens with zero attached hydrogens (tertiary/aromatic N) is 2. The Kier molecular flexibility index (Phi) is 3.29. The van der Waals surface area contributed by atoms with E-state index < -0.39 is 0 Å². The molecule has 0 bridgehead atoms. The Morgan fingerprint density at radius 1 is 1.58 bits per heavy atom. The van der Waals surface area contributed by atoms with E-state index in [1.165, 1.54) is 0 Å². The van der Waals surface area contributed by atoms with E-state index >= 15 is 0 Å². The molecule has 0 aliphatic carbocycles. The molecule has 0 radical (unpaired) electrons. The van der Waals surface area contributed by atoms with Crippen molar-refractivity contribution in [2.45, 2.75) is 20.0 Å². The molecule has 1 heterocycles. The molecule has 0 aliphatic heterocycles. The van der Waals surface area contributed by atoms with Gasteiger partial charge < -0.3 is 4.74 Å². The molecule has 0 unspecified atom stereocenters. The lowest BCUT2D eigenvalue weighted by Crippen LogP contribution is -1.99. The van der Waals surface area contributed by atoms with Crippen LogP contribution in [-0.4, -0.2) is 16.9 Å². The summed E-state index contributed by atoms with van der Waals surface area (Å²) in [5.41, 5.74) is 2.18. The van der Waals surface area contributed by atoms with E-state index in [1.54, 1.807) is 7.11 Å². The number of ether oxygens (including phenoxy) is 1. The number of hydrogen-bond donors (Lipinski definition) is 0. The quantitative estimate of drug-likeness (QED) is 0.797. The van der Waals surface area contributed by atoms with Crippen LogP contribution in [0.4, 0.5) is 0 Å². The van der Waals surface area contributed by atoms with E-state index in [0.717, 1.165) is 22.3 Å². The van der Waals surface area contributed by atoms with Gasteiger partial charge in [-0.15, -0.1) is 0 Å². The summed E-state index contributed by atoms with van der Waals surface area (Å²) in [5.74, 6) is 0. The Morgan fingerprint density at radius 2 is 2.25 bits per heavy atom. The summed E-state index contributed by atoms with van der Waals surface area (Å²) >= 11 is 3.50. The van der Waals surface area contributed by atoms with E-state index in [0.29, 0.717) is 6.61 Å². The van der Waals surface area contributed by atoms with Crippen LogP contribution in [-0.2, 0) is 24.8 Å². The van der Waals surface area contributed by atoms with Crippen molar-refractivity contribution in [3.63, 3.8) is 0 Å². The second-order valence-electron chi connectivity index (χ2n) is 2.62. The fraction of sp³-hybridized carbons (Fsp3) is 0.625. The molecule has 0 saturated heterocycles. The first-order valence-corrected chi connectivity index (χ1v) is 4.69. The Labute approximate surface area is 80.8 Å². The molecule has 3 nitrogen and oxygen atoms in total. The van der Waals surface area contributed by atoms with Crippen molar-refractivity contribution in [2.24, 2.45) is 7.05 Å². The number of hydrogen-bond acceptors (Lipinski definition) is 2. The first-order chi connectivity index (χ1) is 5.70. The maximum absolute atomic E-state index is 5.06. The van der Waals surface area contributed by atoms with E-state index in [-0.39, 0.29) is 0 Å². The van der Waals surface area contributed by atoms with Crippen LogP contribution >= 0.6 is 15.9 Å². The summed E-state index contributed by atoms with van der Waals surface area (Å²) in [4.78, 5) is 0. The smallest absolute Gasteiger partial charge is 0.0892 e. The highest BCUT2D eigenvalue weighted by molar-refractivity contribution is 9.10. The van der Waals surface area contributed by atoms with Crippen LogP contribution in [0.25, 0.3) is 0 Å². The summed E-state index contributed by atoms with van der Waals surface area (Å²) in [7, 11) is 3.61. The summed E-state index contributed by atoms with van der Waals surface area (Å²) in [6.45, 7) is 2.69. The minimum absolute atomic E-state index is 0.601. The van der Waals surface area contributed by atoms with Gasteiger partial charge in [-0.2, -0.15) is 5.10 Å². The molecule has 4 heteroatoms. The number of rotatable bonds is 3. The average molecular weight is 233 g/mol. The first kappa shape index (κ1) is 9.74. The van der Waals surface area contributed by atoms with Crippen molar-refractivity contribution in [3.8, 4) is 0 Å². The summed E-state index contributed by atoms with van der Waals surface area (Å²) in [6, 6.07) is 0. The highest BCUT2D eigenvalue weighted by Crippen LogP contribution is 2.21. The zero-order valence-corrected chi connectivity index (χ0v) is 9.18. The predicted octanol–water partition coefficient (Wildman–Crippen LogP) is 1.89. The molecule has 0 amide bonds. The number of aryl methyl sites for hydroxylation is 2. The molecule has 1 aromatic heterocycles. The van der Waals surface area contributed by atoms with Crippen molar-refractivity contribution in [2.75, 3.05) is 7.11 Å². The van der Waals surface area contributed by atoms with Crippen molar-refractivity contribution in [1.82, 2.24) is 9.78 Å². The molecule has 0 spiro atoms. The van der Waals surface area contributed by atoms with Gasteiger partial charge >= 0.3 is 0 Å². The predicted molar refractivity (Wildman–Crippen MR) is 51.0 cm³/mol. The third-order valence-corrected chi connectivity index (χ3v) is 2.70. The van der Waals surface area contributed by atoms with Crippen LogP contribution < -0.4 is 0 Å². The largest absolute Gasteiger partial charge is 0.378 e. The molecule has 0 saturated carbocycles. The lowest BCUT2D eigenvalue weighted by molar-refractivity contribution is 0.177. The molecule has 0 aliphatic rings. The first-order valence-electron chi connectivity index (χ1n) is 3.89. The lowest BCUT2D eigenvalue weighted by Gasteiger charge is -1.99. The van der Waals surface area contributed by atoms with E-state index in [1.807, 2.05) is 11.7 Å². The molecule has 1 aromatic rings. The maximum Gasteiger partial charge on any atom is 0.0892 e. The Hall–Kier alpha value is -0.350. The normalized spacial score (nSPS) is 10.7. The van der Waals surface area contributed by atoms with E-state index in [2.05, 4.69) is 28.0 Å². The summed E-state index contributed by atoms with van der Waals surface area (Å²) < 4.78 is 7.99. The Balaban J connectivity index is 3.01. The van der Waals surface area contributed by atoms with Gasteiger partial charge in [0.05, 0.1) is 22.5 Å². The van der Waals surface area contributed by atoms with Crippen LogP contribution in [0.2, 0.25) is 0 Å². The van der Waals surface area contributed by atoms with Crippen molar-refractivity contribution < 1.29 is 4.74 Å². The van der Waals surface area contributed by atoms with Crippen molar-refractivity contribution >= 4 is 15.9 Å². The topological polar surface area (TPSA) is 27.1 Å². The van der Waals surface area contributed by atoms with Gasteiger partial charge in [-0.05, 0) is 22.4 Å². The minimum Gasteiger partial charge on any atom is -0.378 e. The van der Waals surface area contributed by atoms with Crippen molar-refractivity contribution in [1.29, 1.82) is 0 Å². The van der Waals surface area contributed by atoms with E-state index in [4.69, 9.17) is 4.74 Å². The molecule has 0 fully saturated rings. The third-order valence-electron chi connectivity index (χ3n) is 1.78. The molecule has 68 valence electrons. The van der Waals surface area contributed by atoms with Gasteiger partial charge in [0.1, 0.15) is 0 Å². The van der Waals surface area contributed by atoms with Crippen LogP contribution in [0.3, 0.4) is 0 Å². The molecule has 0 atom stereocenters. The second kappa shape index (κ2) is 4.05. The van der Waals surface area contributed by atoms with Crippen LogP contribution in [0.1, 0.15) is 18.3 Å². The standard InChI is InChI=1S/C8H13BrN2O/c1-4-6-8(9)7(5-12-3)11(2)10-6/h4-5H2,1-3H3. The highest BCUT2D eigenvalue weighted by atomic mass is 79.9. The molecule has 0 aromatic carbocycles. The monoisotopic (exact) mass is 232 g/mol. The molecule has 1 rings (SSSR count).